The minimum Gasteiger partial charge on any atom is -0.481 e. The van der Waals surface area contributed by atoms with Gasteiger partial charge in [0, 0.05) is 11.1 Å². The Labute approximate surface area is 168 Å². The lowest BCUT2D eigenvalue weighted by Gasteiger charge is -2.20. The summed E-state index contributed by atoms with van der Waals surface area (Å²) in [4.78, 5) is 22.8. The summed E-state index contributed by atoms with van der Waals surface area (Å²) in [7, 11) is 0. The maximum atomic E-state index is 13.1. The van der Waals surface area contributed by atoms with Gasteiger partial charge in [0.15, 0.2) is 6.61 Å². The van der Waals surface area contributed by atoms with Crippen LogP contribution in [0.15, 0.2) is 42.5 Å². The first-order chi connectivity index (χ1) is 13.5. The number of aldehydes is 1. The van der Waals surface area contributed by atoms with Crippen LogP contribution in [0.3, 0.4) is 0 Å². The predicted octanol–water partition coefficient (Wildman–Crippen LogP) is 5.93. The lowest BCUT2D eigenvalue weighted by atomic mass is 10.00. The highest BCUT2D eigenvalue weighted by Crippen LogP contribution is 2.37. The summed E-state index contributed by atoms with van der Waals surface area (Å²) in [5.41, 5.74) is -0.773. The fraction of sp³-hybridized carbons (Fsp3) is 0.364. The van der Waals surface area contributed by atoms with Crippen molar-refractivity contribution in [1.82, 2.24) is 0 Å². The molecular formula is C22H25F3O4. The Hall–Kier alpha value is -2.83. The van der Waals surface area contributed by atoms with Gasteiger partial charge in [-0.05, 0) is 50.6 Å². The molecule has 0 aliphatic carbocycles. The molecular weight excluding hydrogens is 385 g/mol. The number of ether oxygens (including phenoxy) is 2. The molecule has 158 valence electrons. The van der Waals surface area contributed by atoms with Crippen molar-refractivity contribution in [2.75, 3.05) is 6.61 Å². The van der Waals surface area contributed by atoms with E-state index in [-0.39, 0.29) is 11.3 Å². The van der Waals surface area contributed by atoms with Crippen molar-refractivity contribution in [3.63, 3.8) is 0 Å². The number of rotatable bonds is 5. The van der Waals surface area contributed by atoms with E-state index in [0.717, 1.165) is 18.2 Å². The Kier molecular flexibility index (Phi) is 8.42. The molecule has 0 unspecified atom stereocenters. The number of carbonyl (C=O) groups is 2. The second kappa shape index (κ2) is 10.1. The lowest BCUT2D eigenvalue weighted by molar-refractivity contribution is -0.157. The summed E-state index contributed by atoms with van der Waals surface area (Å²) >= 11 is 0. The standard InChI is InChI=1S/C20H19F3O4.C2H6/c1-19(2,3)27-18(25)12-26-17-8-7-15(20(21,22)23)10-16(17)14-6-4-5-13(9-14)11-24;1-2/h4-11H,12H2,1-3H3;1-2H3. The molecule has 0 amide bonds. The second-order valence-electron chi connectivity index (χ2n) is 6.83. The van der Waals surface area contributed by atoms with Crippen LogP contribution in [0.4, 0.5) is 13.2 Å². The zero-order valence-corrected chi connectivity index (χ0v) is 17.1. The molecule has 0 N–H and O–H groups in total. The average molecular weight is 410 g/mol. The van der Waals surface area contributed by atoms with Gasteiger partial charge in [-0.2, -0.15) is 13.2 Å². The monoisotopic (exact) mass is 410 g/mol. The van der Waals surface area contributed by atoms with Crippen molar-refractivity contribution in [2.24, 2.45) is 0 Å². The van der Waals surface area contributed by atoms with E-state index >= 15 is 0 Å². The van der Waals surface area contributed by atoms with Gasteiger partial charge in [0.25, 0.3) is 0 Å². The second-order valence-corrected chi connectivity index (χ2v) is 6.83. The largest absolute Gasteiger partial charge is 0.481 e. The Bertz CT molecular complexity index is 837. The summed E-state index contributed by atoms with van der Waals surface area (Å²) in [5.74, 6) is -0.563. The lowest BCUT2D eigenvalue weighted by Crippen LogP contribution is -2.27. The topological polar surface area (TPSA) is 52.6 Å². The molecule has 2 aromatic rings. The smallest absolute Gasteiger partial charge is 0.416 e. The molecule has 0 spiro atoms. The predicted molar refractivity (Wildman–Crippen MR) is 105 cm³/mol. The molecule has 7 heteroatoms. The van der Waals surface area contributed by atoms with Crippen LogP contribution in [0, 0.1) is 0 Å². The third kappa shape index (κ3) is 7.60. The molecule has 0 radical (unpaired) electrons. The highest BCUT2D eigenvalue weighted by Gasteiger charge is 2.31. The molecule has 2 rings (SSSR count). The molecule has 0 saturated carbocycles. The quantitative estimate of drug-likeness (QED) is 0.453. The third-order valence-electron chi connectivity index (χ3n) is 3.41. The molecule has 0 saturated heterocycles. The first-order valence-corrected chi connectivity index (χ1v) is 9.11. The Morgan fingerprint density at radius 3 is 2.24 bits per heavy atom. The third-order valence-corrected chi connectivity index (χ3v) is 3.41. The van der Waals surface area contributed by atoms with E-state index in [9.17, 15) is 22.8 Å². The molecule has 29 heavy (non-hydrogen) atoms. The zero-order chi connectivity index (χ0) is 22.2. The van der Waals surface area contributed by atoms with Gasteiger partial charge in [0.2, 0.25) is 0 Å². The molecule has 0 bridgehead atoms. The van der Waals surface area contributed by atoms with Crippen molar-refractivity contribution in [1.29, 1.82) is 0 Å². The first kappa shape index (κ1) is 24.2. The van der Waals surface area contributed by atoms with E-state index in [4.69, 9.17) is 9.47 Å². The van der Waals surface area contributed by atoms with Crippen LogP contribution in [0.1, 0.15) is 50.5 Å². The van der Waals surface area contributed by atoms with Crippen LogP contribution in [0.5, 0.6) is 5.75 Å². The number of hydrogen-bond acceptors (Lipinski definition) is 4. The van der Waals surface area contributed by atoms with E-state index in [1.165, 1.54) is 12.1 Å². The summed E-state index contributed by atoms with van der Waals surface area (Å²) in [6.45, 7) is 8.63. The number of esters is 1. The van der Waals surface area contributed by atoms with Crippen LogP contribution in [0.2, 0.25) is 0 Å². The van der Waals surface area contributed by atoms with Crippen molar-refractivity contribution in [2.45, 2.75) is 46.4 Å². The van der Waals surface area contributed by atoms with E-state index in [0.29, 0.717) is 17.4 Å². The van der Waals surface area contributed by atoms with Crippen LogP contribution in [0.25, 0.3) is 11.1 Å². The van der Waals surface area contributed by atoms with E-state index in [1.807, 2.05) is 13.8 Å². The van der Waals surface area contributed by atoms with Crippen molar-refractivity contribution in [3.05, 3.63) is 53.6 Å². The molecule has 0 atom stereocenters. The summed E-state index contributed by atoms with van der Waals surface area (Å²) in [5, 5.41) is 0. The number of carbonyl (C=O) groups excluding carboxylic acids is 2. The maximum absolute atomic E-state index is 13.1. The normalized spacial score (nSPS) is 11.2. The summed E-state index contributed by atoms with van der Waals surface area (Å²) in [6.07, 6.45) is -3.95. The number of halogens is 3. The van der Waals surface area contributed by atoms with Crippen molar-refractivity contribution in [3.8, 4) is 16.9 Å². The van der Waals surface area contributed by atoms with Gasteiger partial charge in [-0.3, -0.25) is 4.79 Å². The Morgan fingerprint density at radius 2 is 1.69 bits per heavy atom. The van der Waals surface area contributed by atoms with Gasteiger partial charge in [0.05, 0.1) is 5.56 Å². The Morgan fingerprint density at radius 1 is 1.03 bits per heavy atom. The molecule has 2 aromatic carbocycles. The van der Waals surface area contributed by atoms with Gasteiger partial charge in [-0.25, -0.2) is 4.79 Å². The van der Waals surface area contributed by atoms with Crippen molar-refractivity contribution >= 4 is 12.3 Å². The fourth-order valence-corrected chi connectivity index (χ4v) is 2.34. The van der Waals surface area contributed by atoms with Crippen LogP contribution < -0.4 is 4.74 Å². The minimum absolute atomic E-state index is 0.0805. The van der Waals surface area contributed by atoms with E-state index in [1.54, 1.807) is 32.9 Å². The molecule has 0 heterocycles. The SMILES string of the molecule is CC.CC(C)(C)OC(=O)COc1ccc(C(F)(F)F)cc1-c1cccc(C=O)c1. The minimum atomic E-state index is -4.54. The van der Waals surface area contributed by atoms with Crippen LogP contribution >= 0.6 is 0 Å². The first-order valence-electron chi connectivity index (χ1n) is 9.11. The van der Waals surface area contributed by atoms with Crippen molar-refractivity contribution < 1.29 is 32.2 Å². The van der Waals surface area contributed by atoms with Gasteiger partial charge in [-0.15, -0.1) is 0 Å². The zero-order valence-electron chi connectivity index (χ0n) is 17.1. The average Bonchev–Trinajstić information content (AvgIpc) is 2.66. The van der Waals surface area contributed by atoms with Gasteiger partial charge in [0.1, 0.15) is 17.6 Å². The molecule has 0 aliphatic rings. The fourth-order valence-electron chi connectivity index (χ4n) is 2.34. The Balaban J connectivity index is 0.00000204. The van der Waals surface area contributed by atoms with E-state index < -0.39 is 29.9 Å². The van der Waals surface area contributed by atoms with Gasteiger partial charge < -0.3 is 9.47 Å². The van der Waals surface area contributed by atoms with Gasteiger partial charge in [-0.1, -0.05) is 32.0 Å². The van der Waals surface area contributed by atoms with Crippen LogP contribution in [-0.4, -0.2) is 24.5 Å². The van der Waals surface area contributed by atoms with E-state index in [2.05, 4.69) is 0 Å². The number of hydrogen-bond donors (Lipinski definition) is 0. The maximum Gasteiger partial charge on any atom is 0.416 e. The summed E-state index contributed by atoms with van der Waals surface area (Å²) in [6, 6.07) is 9.04. The number of benzene rings is 2. The number of alkyl halides is 3. The summed E-state index contributed by atoms with van der Waals surface area (Å²) < 4.78 is 49.8. The molecule has 0 aromatic heterocycles. The highest BCUT2D eigenvalue weighted by atomic mass is 19.4. The van der Waals surface area contributed by atoms with Crippen LogP contribution in [-0.2, 0) is 15.7 Å². The molecule has 4 nitrogen and oxygen atoms in total. The molecule has 0 fully saturated rings. The highest BCUT2D eigenvalue weighted by molar-refractivity contribution is 5.81. The molecule has 0 aliphatic heterocycles. The van der Waals surface area contributed by atoms with Gasteiger partial charge >= 0.3 is 12.1 Å².